The molecule has 1 aliphatic rings. The molecule has 5 N–H and O–H groups in total. The molecule has 0 saturated heterocycles. The Labute approximate surface area is 97.7 Å². The molecule has 1 unspecified atom stereocenters. The lowest BCUT2D eigenvalue weighted by Gasteiger charge is -2.34. The van der Waals surface area contributed by atoms with Crippen molar-refractivity contribution in [3.05, 3.63) is 35.7 Å². The van der Waals surface area contributed by atoms with Crippen LogP contribution in [-0.2, 0) is 11.3 Å². The number of carbonyl (C=O) groups is 1. The Kier molecular flexibility index (Phi) is 2.69. The van der Waals surface area contributed by atoms with Crippen molar-refractivity contribution < 1.29 is 9.21 Å². The second kappa shape index (κ2) is 4.01. The molecule has 2 heterocycles. The minimum Gasteiger partial charge on any atom is -0.467 e. The van der Waals surface area contributed by atoms with Crippen LogP contribution in [-0.4, -0.2) is 16.3 Å². The van der Waals surface area contributed by atoms with Gasteiger partial charge >= 0.3 is 0 Å². The summed E-state index contributed by atoms with van der Waals surface area (Å²) in [5.41, 5.74) is 10.8. The molecule has 1 aromatic rings. The summed E-state index contributed by atoms with van der Waals surface area (Å²) in [5, 5.41) is 2.57. The van der Waals surface area contributed by atoms with E-state index in [1.807, 2.05) is 0 Å². The van der Waals surface area contributed by atoms with E-state index in [4.69, 9.17) is 15.9 Å². The SMILES string of the molecule is NC1=C(N)N(Cc2ccco2)C(S)NC1=O. The van der Waals surface area contributed by atoms with Gasteiger partial charge in [-0.25, -0.2) is 0 Å². The van der Waals surface area contributed by atoms with Gasteiger partial charge in [0.15, 0.2) is 0 Å². The number of rotatable bonds is 2. The van der Waals surface area contributed by atoms with Gasteiger partial charge in [0.05, 0.1) is 12.8 Å². The molecule has 16 heavy (non-hydrogen) atoms. The molecule has 2 rings (SSSR count). The summed E-state index contributed by atoms with van der Waals surface area (Å²) >= 11 is 4.21. The van der Waals surface area contributed by atoms with Gasteiger partial charge in [-0.2, -0.15) is 0 Å². The molecule has 1 amide bonds. The van der Waals surface area contributed by atoms with Crippen molar-refractivity contribution in [1.29, 1.82) is 0 Å². The van der Waals surface area contributed by atoms with Crippen molar-refractivity contribution in [2.75, 3.05) is 0 Å². The summed E-state index contributed by atoms with van der Waals surface area (Å²) < 4.78 is 5.19. The van der Waals surface area contributed by atoms with Crippen LogP contribution < -0.4 is 16.8 Å². The molecule has 1 aromatic heterocycles. The Bertz CT molecular complexity index is 429. The van der Waals surface area contributed by atoms with Crippen molar-refractivity contribution in [3.63, 3.8) is 0 Å². The molecule has 1 atom stereocenters. The number of nitrogens with two attached hydrogens (primary N) is 2. The van der Waals surface area contributed by atoms with Crippen LogP contribution in [0.15, 0.2) is 34.3 Å². The Morgan fingerprint density at radius 2 is 2.31 bits per heavy atom. The third-order valence-corrected chi connectivity index (χ3v) is 2.70. The van der Waals surface area contributed by atoms with Crippen LogP contribution in [0.3, 0.4) is 0 Å². The van der Waals surface area contributed by atoms with Gasteiger partial charge in [-0.3, -0.25) is 4.79 Å². The van der Waals surface area contributed by atoms with Gasteiger partial charge in [0.1, 0.15) is 22.8 Å². The number of nitrogens with zero attached hydrogens (tertiary/aromatic N) is 1. The first-order valence-corrected chi connectivity index (χ1v) is 5.14. The summed E-state index contributed by atoms with van der Waals surface area (Å²) in [6, 6.07) is 3.58. The molecule has 0 spiro atoms. The first-order chi connectivity index (χ1) is 7.59. The predicted molar refractivity (Wildman–Crippen MR) is 60.6 cm³/mol. The third-order valence-electron chi connectivity index (χ3n) is 2.29. The number of furan rings is 1. The van der Waals surface area contributed by atoms with Gasteiger partial charge in [-0.05, 0) is 12.1 Å². The molecular formula is C9H12N4O2S. The van der Waals surface area contributed by atoms with Gasteiger partial charge < -0.3 is 26.1 Å². The Hall–Kier alpha value is -1.76. The van der Waals surface area contributed by atoms with Crippen molar-refractivity contribution in [3.8, 4) is 0 Å². The quantitative estimate of drug-likeness (QED) is 0.523. The lowest BCUT2D eigenvalue weighted by atomic mass is 10.3. The van der Waals surface area contributed by atoms with Crippen molar-refractivity contribution in [2.24, 2.45) is 11.5 Å². The zero-order valence-electron chi connectivity index (χ0n) is 8.38. The predicted octanol–water partition coefficient (Wildman–Crippen LogP) is -0.489. The van der Waals surface area contributed by atoms with Crippen molar-refractivity contribution >= 4 is 18.5 Å². The summed E-state index contributed by atoms with van der Waals surface area (Å²) in [6.45, 7) is 0.397. The molecule has 0 radical (unpaired) electrons. The van der Waals surface area contributed by atoms with E-state index >= 15 is 0 Å². The van der Waals surface area contributed by atoms with E-state index in [1.54, 1.807) is 23.3 Å². The van der Waals surface area contributed by atoms with E-state index < -0.39 is 11.4 Å². The second-order valence-electron chi connectivity index (χ2n) is 3.35. The Balaban J connectivity index is 2.23. The highest BCUT2D eigenvalue weighted by Gasteiger charge is 2.28. The number of carbonyl (C=O) groups excluding carboxylic acids is 1. The zero-order valence-corrected chi connectivity index (χ0v) is 9.28. The molecule has 0 saturated carbocycles. The standard InChI is InChI=1S/C9H12N4O2S/c10-6-7(11)13(9(16)12-8(6)14)4-5-2-1-3-15-5/h1-3,9,16H,4,10-11H2,(H,12,14). The average Bonchev–Trinajstić information content (AvgIpc) is 2.74. The second-order valence-corrected chi connectivity index (χ2v) is 3.84. The van der Waals surface area contributed by atoms with Gasteiger partial charge in [0, 0.05) is 0 Å². The molecular weight excluding hydrogens is 228 g/mol. The minimum absolute atomic E-state index is 0.00291. The van der Waals surface area contributed by atoms with E-state index in [-0.39, 0.29) is 11.5 Å². The molecule has 1 aliphatic heterocycles. The molecule has 86 valence electrons. The maximum Gasteiger partial charge on any atom is 0.273 e. The van der Waals surface area contributed by atoms with E-state index in [1.165, 1.54) is 0 Å². The lowest BCUT2D eigenvalue weighted by Crippen LogP contribution is -2.53. The Morgan fingerprint density at radius 1 is 1.56 bits per heavy atom. The van der Waals surface area contributed by atoms with E-state index in [2.05, 4.69) is 17.9 Å². The molecule has 6 nitrogen and oxygen atoms in total. The highest BCUT2D eigenvalue weighted by atomic mass is 32.1. The molecule has 0 bridgehead atoms. The molecule has 0 fully saturated rings. The van der Waals surface area contributed by atoms with Gasteiger partial charge in [0.2, 0.25) is 0 Å². The van der Waals surface area contributed by atoms with Crippen LogP contribution in [0.2, 0.25) is 0 Å². The first-order valence-electron chi connectivity index (χ1n) is 4.63. The molecule has 0 aromatic carbocycles. The van der Waals surface area contributed by atoms with Crippen LogP contribution in [0.25, 0.3) is 0 Å². The lowest BCUT2D eigenvalue weighted by molar-refractivity contribution is -0.119. The minimum atomic E-state index is -0.509. The van der Waals surface area contributed by atoms with Gasteiger partial charge in [-0.15, -0.1) is 12.6 Å². The van der Waals surface area contributed by atoms with E-state index in [0.29, 0.717) is 12.3 Å². The fourth-order valence-corrected chi connectivity index (χ4v) is 1.74. The monoisotopic (exact) mass is 240 g/mol. The zero-order chi connectivity index (χ0) is 11.7. The topological polar surface area (TPSA) is 97.5 Å². The number of amides is 1. The largest absolute Gasteiger partial charge is 0.467 e. The summed E-state index contributed by atoms with van der Waals surface area (Å²) in [7, 11) is 0. The molecule has 0 aliphatic carbocycles. The number of hydrogen-bond donors (Lipinski definition) is 4. The van der Waals surface area contributed by atoms with Gasteiger partial charge in [0.25, 0.3) is 5.91 Å². The maximum atomic E-state index is 11.3. The van der Waals surface area contributed by atoms with Crippen LogP contribution >= 0.6 is 12.6 Å². The summed E-state index contributed by atoms with van der Waals surface area (Å²) in [6.07, 6.45) is 1.56. The van der Waals surface area contributed by atoms with Crippen LogP contribution in [0.1, 0.15) is 5.76 Å². The fourth-order valence-electron chi connectivity index (χ4n) is 1.42. The van der Waals surface area contributed by atoms with Crippen LogP contribution in [0, 0.1) is 0 Å². The van der Waals surface area contributed by atoms with E-state index in [0.717, 1.165) is 0 Å². The summed E-state index contributed by atoms with van der Waals surface area (Å²) in [5.74, 6) is 0.513. The molecule has 7 heteroatoms. The van der Waals surface area contributed by atoms with E-state index in [9.17, 15) is 4.79 Å². The number of hydrogen-bond acceptors (Lipinski definition) is 6. The van der Waals surface area contributed by atoms with Crippen LogP contribution in [0.5, 0.6) is 0 Å². The fraction of sp³-hybridized carbons (Fsp3) is 0.222. The smallest absolute Gasteiger partial charge is 0.273 e. The van der Waals surface area contributed by atoms with Crippen LogP contribution in [0.4, 0.5) is 0 Å². The normalized spacial score (nSPS) is 21.2. The van der Waals surface area contributed by atoms with Crippen molar-refractivity contribution in [2.45, 2.75) is 12.0 Å². The third kappa shape index (κ3) is 1.81. The summed E-state index contributed by atoms with van der Waals surface area (Å²) in [4.78, 5) is 12.9. The highest BCUT2D eigenvalue weighted by molar-refractivity contribution is 7.80. The highest BCUT2D eigenvalue weighted by Crippen LogP contribution is 2.18. The Morgan fingerprint density at radius 3 is 2.94 bits per heavy atom. The van der Waals surface area contributed by atoms with Gasteiger partial charge in [-0.1, -0.05) is 0 Å². The number of nitrogens with one attached hydrogen (secondary N) is 1. The number of thiol groups is 1. The average molecular weight is 240 g/mol. The maximum absolute atomic E-state index is 11.3. The first kappa shape index (κ1) is 10.7. The van der Waals surface area contributed by atoms with Crippen molar-refractivity contribution in [1.82, 2.24) is 10.2 Å².